The quantitative estimate of drug-likeness (QED) is 0.191. The van der Waals surface area contributed by atoms with Gasteiger partial charge in [-0.15, -0.1) is 0 Å². The zero-order valence-corrected chi connectivity index (χ0v) is 28.8. The first-order valence-electron chi connectivity index (χ1n) is 6.19. The van der Waals surface area contributed by atoms with Crippen molar-refractivity contribution in [2.24, 2.45) is 0 Å². The van der Waals surface area contributed by atoms with Gasteiger partial charge in [-0.1, -0.05) is 11.2 Å². The van der Waals surface area contributed by atoms with Gasteiger partial charge in [-0.05, 0) is 25.7 Å². The van der Waals surface area contributed by atoms with Crippen LogP contribution in [0.4, 0.5) is 0 Å². The van der Waals surface area contributed by atoms with E-state index in [0.29, 0.717) is 0 Å². The number of carbonyl (C=O) groups excluding carboxylic acids is 6. The number of carboxylic acid groups (broad SMARTS) is 6. The number of hydrogen-bond donors (Lipinski definition) is 0. The topological polar surface area (TPSA) is 287 Å². The predicted octanol–water partition coefficient (Wildman–Crippen LogP) is -21.1. The first kappa shape index (κ1) is 45.9. The van der Waals surface area contributed by atoms with Gasteiger partial charge in [0.15, 0.2) is 0 Å². The Kier molecular flexibility index (Phi) is 33.7. The Balaban J connectivity index is -0.0000000847. The van der Waals surface area contributed by atoms with E-state index in [1.165, 1.54) is 0 Å². The summed E-state index contributed by atoms with van der Waals surface area (Å²) in [5.41, 5.74) is -6.45. The summed E-state index contributed by atoms with van der Waals surface area (Å²) in [5.74, 6) is -12.4. The Bertz CT molecular complexity index is 527. The van der Waals surface area contributed by atoms with E-state index in [2.05, 4.69) is 0 Å². The molecule has 0 bridgehead atoms. The van der Waals surface area contributed by atoms with Crippen LogP contribution in [0.15, 0.2) is 0 Å². The molecule has 0 rings (SSSR count). The molecule has 0 unspecified atom stereocenters. The molecule has 14 nitrogen and oxygen atoms in total. The molecule has 0 atom stereocenters. The maximum atomic E-state index is 10.9. The Hall–Kier alpha value is 2.53. The average molecular weight is 702 g/mol. The maximum absolute atomic E-state index is 10.9. The maximum Gasteiger partial charge on any atom is 1.00 e. The van der Waals surface area contributed by atoms with Gasteiger partial charge in [-0.3, -0.25) is 0 Å². The van der Waals surface area contributed by atoms with E-state index in [1.807, 2.05) is 0 Å². The molecule has 0 amide bonds. The van der Waals surface area contributed by atoms with Crippen LogP contribution >= 0.6 is 0 Å². The van der Waals surface area contributed by atoms with Crippen LogP contribution in [0.3, 0.4) is 0 Å². The van der Waals surface area contributed by atoms with Crippen LogP contribution in [0.25, 0.3) is 0 Å². The van der Waals surface area contributed by atoms with Crippen LogP contribution in [-0.2, 0) is 28.8 Å². The molecule has 0 spiro atoms. The molecule has 30 heavy (non-hydrogen) atoms. The van der Waals surface area contributed by atoms with E-state index in [-0.39, 0.29) is 180 Å². The van der Waals surface area contributed by atoms with Crippen molar-refractivity contribution in [1.29, 1.82) is 0 Å². The van der Waals surface area contributed by atoms with Gasteiger partial charge in [0.25, 0.3) is 0 Å². The second-order valence-corrected chi connectivity index (χ2v) is 4.76. The van der Waals surface area contributed by atoms with Gasteiger partial charge in [0, 0.05) is 62.0 Å². The molecule has 0 fully saturated rings. The van der Waals surface area contributed by atoms with E-state index < -0.39 is 72.7 Å². The summed E-state index contributed by atoms with van der Waals surface area (Å²) in [6.45, 7) is 0. The second kappa shape index (κ2) is 22.0. The molecular formula is C12H8BiK3O14-5. The van der Waals surface area contributed by atoms with Crippen LogP contribution in [-0.4, -0.2) is 73.2 Å². The van der Waals surface area contributed by atoms with Crippen molar-refractivity contribution in [3.05, 3.63) is 0 Å². The predicted molar refractivity (Wildman–Crippen MR) is 59.7 cm³/mol. The van der Waals surface area contributed by atoms with Crippen LogP contribution in [0.2, 0.25) is 0 Å². The van der Waals surface area contributed by atoms with Crippen molar-refractivity contribution in [1.82, 2.24) is 0 Å². The fourth-order valence-electron chi connectivity index (χ4n) is 1.35. The van der Waals surface area contributed by atoms with E-state index in [1.54, 1.807) is 0 Å². The minimum absolute atomic E-state index is 0. The molecule has 0 aliphatic rings. The van der Waals surface area contributed by atoms with Crippen LogP contribution in [0.1, 0.15) is 25.7 Å². The number of rotatable bonds is 10. The third-order valence-corrected chi connectivity index (χ3v) is 2.46. The largest absolute Gasteiger partial charge is 1.00 e. The first-order valence-corrected chi connectivity index (χ1v) is 6.19. The first-order chi connectivity index (χ1) is 11.6. The molecule has 153 valence electrons. The third-order valence-electron chi connectivity index (χ3n) is 2.46. The van der Waals surface area contributed by atoms with E-state index in [4.69, 9.17) is 0 Å². The number of aliphatic carboxylic acids is 6. The molecule has 0 aromatic rings. The van der Waals surface area contributed by atoms with Crippen molar-refractivity contribution in [3.8, 4) is 0 Å². The Morgan fingerprint density at radius 2 is 0.600 bits per heavy atom. The molecule has 0 aromatic carbocycles. The van der Waals surface area contributed by atoms with Crippen LogP contribution < -0.4 is 195 Å². The number of carboxylic acids is 6. The Morgan fingerprint density at radius 3 is 0.667 bits per heavy atom. The summed E-state index contributed by atoms with van der Waals surface area (Å²) in [6, 6.07) is 0. The molecule has 0 aliphatic heterocycles. The Morgan fingerprint density at radius 1 is 0.467 bits per heavy atom. The zero-order chi connectivity index (χ0) is 21.3. The fraction of sp³-hybridized carbons (Fsp3) is 0.500. The minimum atomic E-state index is -3.22. The summed E-state index contributed by atoms with van der Waals surface area (Å²) in [6.07, 6.45) is -5.88. The van der Waals surface area contributed by atoms with E-state index in [0.717, 1.165) is 0 Å². The zero-order valence-electron chi connectivity index (χ0n) is 16.0. The van der Waals surface area contributed by atoms with Crippen LogP contribution in [0.5, 0.6) is 0 Å². The van der Waals surface area contributed by atoms with Crippen molar-refractivity contribution in [2.75, 3.05) is 0 Å². The molecule has 18 heteroatoms. The van der Waals surface area contributed by atoms with Gasteiger partial charge in [0.2, 0.25) is 0 Å². The fourth-order valence-corrected chi connectivity index (χ4v) is 1.35. The van der Waals surface area contributed by atoms with E-state index in [9.17, 15) is 69.6 Å². The molecule has 3 radical (unpaired) electrons. The molecule has 0 saturated carbocycles. The number of hydrogen-bond acceptors (Lipinski definition) is 14. The van der Waals surface area contributed by atoms with Gasteiger partial charge in [0.05, 0.1) is 0 Å². The summed E-state index contributed by atoms with van der Waals surface area (Å²) in [4.78, 5) is 59.7. The van der Waals surface area contributed by atoms with Gasteiger partial charge < -0.3 is 69.6 Å². The van der Waals surface area contributed by atoms with Gasteiger partial charge in [-0.2, -0.15) is 0 Å². The Labute approximate surface area is 315 Å². The normalized spacial score (nSPS) is 9.40. The summed E-state index contributed by atoms with van der Waals surface area (Å²) < 4.78 is 0. The summed E-state index contributed by atoms with van der Waals surface area (Å²) in [5, 5.41) is 81.6. The monoisotopic (exact) mass is 702 g/mol. The summed E-state index contributed by atoms with van der Waals surface area (Å²) >= 11 is 0. The van der Waals surface area contributed by atoms with Gasteiger partial charge in [-0.25, -0.2) is 0 Å². The molecule has 0 aromatic heterocycles. The molecular weight excluding hydrogens is 694 g/mol. The minimum Gasteiger partial charge on any atom is -0.845 e. The van der Waals surface area contributed by atoms with Crippen molar-refractivity contribution in [2.45, 2.75) is 36.9 Å². The molecule has 0 heterocycles. The number of carbonyl (C=O) groups is 6. The van der Waals surface area contributed by atoms with Crippen molar-refractivity contribution in [3.63, 3.8) is 0 Å². The third kappa shape index (κ3) is 22.3. The van der Waals surface area contributed by atoms with Gasteiger partial charge in [0.1, 0.15) is 0 Å². The SMILES string of the molecule is O=C([O-])CC([O-])(CC(=O)[O-])C(=O)[O-].O=C([O-])CC([O-])(CC(=O)[O-])C(=O)[O-].[Bi].[K+].[K+].[K+]. The molecule has 0 aliphatic carbocycles. The van der Waals surface area contributed by atoms with Crippen LogP contribution in [0, 0.1) is 0 Å². The standard InChI is InChI=1S/2C6H7O7.Bi.3K/c2*7-3(8)1-6(13,5(11)12)2-4(9)10;;;;/h2*1-2H2,(H,7,8)(H,9,10)(H,11,12);;;;/q2*-1;;3*+1/p-6. The van der Waals surface area contributed by atoms with Crippen molar-refractivity contribution < 1.29 is 224 Å². The van der Waals surface area contributed by atoms with Crippen molar-refractivity contribution >= 4 is 62.0 Å². The average Bonchev–Trinajstić information content (AvgIpc) is 2.34. The molecule has 0 saturated heterocycles. The summed E-state index contributed by atoms with van der Waals surface area (Å²) in [7, 11) is 0. The second-order valence-electron chi connectivity index (χ2n) is 4.76. The van der Waals surface area contributed by atoms with Gasteiger partial charge >= 0.3 is 154 Å². The molecule has 0 N–H and O–H groups in total. The smallest absolute Gasteiger partial charge is 0.845 e. The van der Waals surface area contributed by atoms with E-state index >= 15 is 0 Å².